The molecular formula is C15H15N5O2. The van der Waals surface area contributed by atoms with Gasteiger partial charge in [-0.3, -0.25) is 0 Å². The van der Waals surface area contributed by atoms with Gasteiger partial charge in [0.2, 0.25) is 5.95 Å². The number of nitrogens with one attached hydrogen (secondary N) is 2. The number of benzene rings is 1. The Labute approximate surface area is 126 Å². The van der Waals surface area contributed by atoms with Gasteiger partial charge in [0.1, 0.15) is 11.3 Å². The number of H-pyrrole nitrogens is 1. The molecule has 112 valence electrons. The summed E-state index contributed by atoms with van der Waals surface area (Å²) in [5, 5.41) is 3.24. The van der Waals surface area contributed by atoms with Crippen molar-refractivity contribution in [2.75, 3.05) is 12.4 Å². The fourth-order valence-electron chi connectivity index (χ4n) is 2.37. The van der Waals surface area contributed by atoms with E-state index in [-0.39, 0.29) is 5.69 Å². The van der Waals surface area contributed by atoms with Crippen LogP contribution in [0, 0.1) is 0 Å². The summed E-state index contributed by atoms with van der Waals surface area (Å²) in [7, 11) is 1.59. The first kappa shape index (κ1) is 12.9. The topological polar surface area (TPSA) is 84.8 Å². The Hall–Kier alpha value is -2.83. The van der Waals surface area contributed by atoms with Gasteiger partial charge in [0.25, 0.3) is 0 Å². The molecule has 1 aromatic carbocycles. The molecule has 0 spiro atoms. The van der Waals surface area contributed by atoms with Gasteiger partial charge in [0, 0.05) is 12.1 Å². The molecule has 2 aromatic heterocycles. The molecule has 1 aliphatic carbocycles. The zero-order valence-electron chi connectivity index (χ0n) is 12.0. The Bertz CT molecular complexity index is 894. The van der Waals surface area contributed by atoms with Crippen LogP contribution in [-0.4, -0.2) is 32.7 Å². The number of aromatic nitrogens is 4. The van der Waals surface area contributed by atoms with Gasteiger partial charge in [-0.15, -0.1) is 0 Å². The third-order valence-corrected chi connectivity index (χ3v) is 3.65. The maximum absolute atomic E-state index is 12.3. The summed E-state index contributed by atoms with van der Waals surface area (Å²) >= 11 is 0. The molecule has 0 unspecified atom stereocenters. The van der Waals surface area contributed by atoms with E-state index in [4.69, 9.17) is 4.74 Å². The highest BCUT2D eigenvalue weighted by atomic mass is 16.5. The van der Waals surface area contributed by atoms with E-state index in [1.54, 1.807) is 19.4 Å². The SMILES string of the molecule is COc1cccc(-n2c(=O)[nH]c3cnc(NC4CC4)nc32)c1. The molecular weight excluding hydrogens is 282 g/mol. The molecule has 1 aliphatic rings. The lowest BCUT2D eigenvalue weighted by molar-refractivity contribution is 0.414. The van der Waals surface area contributed by atoms with Crippen LogP contribution in [0.25, 0.3) is 16.9 Å². The number of ether oxygens (including phenoxy) is 1. The largest absolute Gasteiger partial charge is 0.497 e. The molecule has 1 saturated carbocycles. The zero-order chi connectivity index (χ0) is 15.1. The predicted octanol–water partition coefficient (Wildman–Crippen LogP) is 1.69. The quantitative estimate of drug-likeness (QED) is 0.765. The van der Waals surface area contributed by atoms with Crippen molar-refractivity contribution in [1.82, 2.24) is 19.5 Å². The van der Waals surface area contributed by atoms with Crippen LogP contribution in [-0.2, 0) is 0 Å². The van der Waals surface area contributed by atoms with Crippen molar-refractivity contribution >= 4 is 17.1 Å². The van der Waals surface area contributed by atoms with Gasteiger partial charge in [-0.25, -0.2) is 14.3 Å². The number of aromatic amines is 1. The highest BCUT2D eigenvalue weighted by molar-refractivity contribution is 5.73. The van der Waals surface area contributed by atoms with Crippen LogP contribution < -0.4 is 15.7 Å². The van der Waals surface area contributed by atoms with Crippen LogP contribution >= 0.6 is 0 Å². The summed E-state index contributed by atoms with van der Waals surface area (Å²) in [6.45, 7) is 0. The van der Waals surface area contributed by atoms with Crippen LogP contribution in [0.1, 0.15) is 12.8 Å². The summed E-state index contributed by atoms with van der Waals surface area (Å²) in [5.74, 6) is 1.23. The molecule has 2 heterocycles. The zero-order valence-corrected chi connectivity index (χ0v) is 12.0. The Morgan fingerprint density at radius 2 is 2.27 bits per heavy atom. The molecule has 0 atom stereocenters. The third kappa shape index (κ3) is 2.20. The highest BCUT2D eigenvalue weighted by Crippen LogP contribution is 2.24. The van der Waals surface area contributed by atoms with Crippen molar-refractivity contribution in [1.29, 1.82) is 0 Å². The van der Waals surface area contributed by atoms with Gasteiger partial charge in [-0.2, -0.15) is 4.98 Å². The minimum atomic E-state index is -0.249. The molecule has 22 heavy (non-hydrogen) atoms. The average molecular weight is 297 g/mol. The first-order chi connectivity index (χ1) is 10.7. The Balaban J connectivity index is 1.87. The monoisotopic (exact) mass is 297 g/mol. The normalized spacial score (nSPS) is 14.2. The molecule has 1 fully saturated rings. The van der Waals surface area contributed by atoms with Crippen LogP contribution in [0.15, 0.2) is 35.3 Å². The van der Waals surface area contributed by atoms with Crippen molar-refractivity contribution in [3.8, 4) is 11.4 Å². The summed E-state index contributed by atoms with van der Waals surface area (Å²) in [6.07, 6.45) is 3.90. The second kappa shape index (κ2) is 4.87. The van der Waals surface area contributed by atoms with E-state index in [9.17, 15) is 4.79 Å². The molecule has 7 heteroatoms. The molecule has 0 radical (unpaired) electrons. The van der Waals surface area contributed by atoms with Crippen LogP contribution in [0.4, 0.5) is 5.95 Å². The van der Waals surface area contributed by atoms with Gasteiger partial charge in [-0.05, 0) is 25.0 Å². The molecule has 7 nitrogen and oxygen atoms in total. The third-order valence-electron chi connectivity index (χ3n) is 3.65. The van der Waals surface area contributed by atoms with E-state index < -0.39 is 0 Å². The van der Waals surface area contributed by atoms with Crippen molar-refractivity contribution in [2.45, 2.75) is 18.9 Å². The number of hydrogen-bond donors (Lipinski definition) is 2. The lowest BCUT2D eigenvalue weighted by Crippen LogP contribution is -2.15. The highest BCUT2D eigenvalue weighted by Gasteiger charge is 2.22. The van der Waals surface area contributed by atoms with E-state index in [2.05, 4.69) is 20.3 Å². The summed E-state index contributed by atoms with van der Waals surface area (Å²) in [4.78, 5) is 23.8. The summed E-state index contributed by atoms with van der Waals surface area (Å²) < 4.78 is 6.74. The second-order valence-electron chi connectivity index (χ2n) is 5.32. The maximum atomic E-state index is 12.3. The van der Waals surface area contributed by atoms with Crippen LogP contribution in [0.5, 0.6) is 5.75 Å². The van der Waals surface area contributed by atoms with Gasteiger partial charge in [0.15, 0.2) is 5.65 Å². The predicted molar refractivity (Wildman–Crippen MR) is 82.7 cm³/mol. The van der Waals surface area contributed by atoms with E-state index in [1.807, 2.05) is 18.2 Å². The average Bonchev–Trinajstić information content (AvgIpc) is 3.28. The number of nitrogens with zero attached hydrogens (tertiary/aromatic N) is 3. The Kier molecular flexibility index (Phi) is 2.85. The minimum absolute atomic E-state index is 0.249. The summed E-state index contributed by atoms with van der Waals surface area (Å²) in [5.41, 5.74) is 1.61. The van der Waals surface area contributed by atoms with Gasteiger partial charge in [0.05, 0.1) is 19.0 Å². The Morgan fingerprint density at radius 3 is 3.05 bits per heavy atom. The Morgan fingerprint density at radius 1 is 1.41 bits per heavy atom. The van der Waals surface area contributed by atoms with Crippen LogP contribution in [0.3, 0.4) is 0 Å². The van der Waals surface area contributed by atoms with E-state index >= 15 is 0 Å². The standard InChI is InChI=1S/C15H15N5O2/c1-22-11-4-2-3-10(7-11)20-13-12(18-15(20)21)8-16-14(19-13)17-9-5-6-9/h2-4,7-9H,5-6H2,1H3,(H,18,21)(H,16,17,19). The molecule has 0 aliphatic heterocycles. The number of hydrogen-bond acceptors (Lipinski definition) is 5. The fourth-order valence-corrected chi connectivity index (χ4v) is 2.37. The second-order valence-corrected chi connectivity index (χ2v) is 5.32. The molecule has 0 bridgehead atoms. The molecule has 3 aromatic rings. The number of imidazole rings is 1. The number of fused-ring (bicyclic) bond motifs is 1. The first-order valence-electron chi connectivity index (χ1n) is 7.13. The van der Waals surface area contributed by atoms with Crippen molar-refractivity contribution in [3.05, 3.63) is 40.9 Å². The lowest BCUT2D eigenvalue weighted by atomic mass is 10.3. The van der Waals surface area contributed by atoms with Crippen molar-refractivity contribution < 1.29 is 4.74 Å². The van der Waals surface area contributed by atoms with E-state index in [1.165, 1.54) is 4.57 Å². The van der Waals surface area contributed by atoms with Gasteiger partial charge in [-0.1, -0.05) is 6.07 Å². The van der Waals surface area contributed by atoms with E-state index in [0.29, 0.717) is 34.6 Å². The molecule has 0 saturated heterocycles. The molecule has 0 amide bonds. The van der Waals surface area contributed by atoms with Crippen LogP contribution in [0.2, 0.25) is 0 Å². The summed E-state index contributed by atoms with van der Waals surface area (Å²) in [6, 6.07) is 7.76. The molecule has 4 rings (SSSR count). The van der Waals surface area contributed by atoms with E-state index in [0.717, 1.165) is 12.8 Å². The number of rotatable bonds is 4. The fraction of sp³-hybridized carbons (Fsp3) is 0.267. The lowest BCUT2D eigenvalue weighted by Gasteiger charge is -2.06. The maximum Gasteiger partial charge on any atom is 0.332 e. The van der Waals surface area contributed by atoms with Crippen molar-refractivity contribution in [3.63, 3.8) is 0 Å². The number of methoxy groups -OCH3 is 1. The van der Waals surface area contributed by atoms with Crippen molar-refractivity contribution in [2.24, 2.45) is 0 Å². The van der Waals surface area contributed by atoms with Gasteiger partial charge >= 0.3 is 5.69 Å². The number of anilines is 1. The van der Waals surface area contributed by atoms with Gasteiger partial charge < -0.3 is 15.0 Å². The minimum Gasteiger partial charge on any atom is -0.497 e. The molecule has 2 N–H and O–H groups in total. The smallest absolute Gasteiger partial charge is 0.332 e. The first-order valence-corrected chi connectivity index (χ1v) is 7.13.